The Balaban J connectivity index is 1.43. The van der Waals surface area contributed by atoms with Crippen LogP contribution in [0.1, 0.15) is 19.3 Å². The van der Waals surface area contributed by atoms with Gasteiger partial charge in [-0.3, -0.25) is 4.79 Å². The van der Waals surface area contributed by atoms with Crippen molar-refractivity contribution in [3.8, 4) is 17.0 Å². The van der Waals surface area contributed by atoms with Gasteiger partial charge in [0.25, 0.3) is 0 Å². The van der Waals surface area contributed by atoms with E-state index in [0.29, 0.717) is 12.8 Å². The molecule has 3 N–H and O–H groups in total. The van der Waals surface area contributed by atoms with Gasteiger partial charge in [-0.2, -0.15) is 0 Å². The third-order valence-corrected chi connectivity index (χ3v) is 6.10. The van der Waals surface area contributed by atoms with Crippen LogP contribution in [0.2, 0.25) is 5.02 Å². The number of nitrogens with zero attached hydrogens (tertiary/aromatic N) is 1. The van der Waals surface area contributed by atoms with Crippen LogP contribution < -0.4 is 15.4 Å². The average molecular weight is 506 g/mol. The lowest BCUT2D eigenvalue weighted by Crippen LogP contribution is -2.43. The molecule has 1 aromatic heterocycles. The molecule has 35 heavy (non-hydrogen) atoms. The second kappa shape index (κ2) is 9.83. The summed E-state index contributed by atoms with van der Waals surface area (Å²) in [5, 5.41) is 13.8. The number of rotatable bonds is 7. The molecule has 0 saturated heterocycles. The molecule has 11 heteroatoms. The standard InChI is InChI=1S/C24H19ClF3N3O4/c25-16-8-14(26)3-4-19(16)30-23(34)31-20-10-17(27)15(9-18(20)28)13-2-5-21(29-11-13)35-12-24(22(32)33)6-1-7-24/h2-5,8-11H,1,6-7,12H2,(H,32,33)(H2,30,31,34). The number of halogens is 4. The summed E-state index contributed by atoms with van der Waals surface area (Å²) in [7, 11) is 0. The number of pyridine rings is 1. The molecule has 2 aromatic carbocycles. The van der Waals surface area contributed by atoms with E-state index in [2.05, 4.69) is 15.6 Å². The van der Waals surface area contributed by atoms with Gasteiger partial charge in [-0.15, -0.1) is 0 Å². The third-order valence-electron chi connectivity index (χ3n) is 5.79. The average Bonchev–Trinajstić information content (AvgIpc) is 2.77. The third kappa shape index (κ3) is 5.32. The van der Waals surface area contributed by atoms with Gasteiger partial charge in [-0.05, 0) is 43.2 Å². The summed E-state index contributed by atoms with van der Waals surface area (Å²) in [6, 6.07) is 7.02. The Morgan fingerprint density at radius 3 is 2.37 bits per heavy atom. The van der Waals surface area contributed by atoms with Crippen molar-refractivity contribution in [1.82, 2.24) is 4.98 Å². The summed E-state index contributed by atoms with van der Waals surface area (Å²) in [6.07, 6.45) is 3.15. The number of carbonyl (C=O) groups is 2. The van der Waals surface area contributed by atoms with Crippen LogP contribution in [0.5, 0.6) is 5.88 Å². The summed E-state index contributed by atoms with van der Waals surface area (Å²) in [5.41, 5.74) is -1.10. The number of carbonyl (C=O) groups excluding carboxylic acids is 1. The zero-order valence-electron chi connectivity index (χ0n) is 18.1. The van der Waals surface area contributed by atoms with Crippen LogP contribution in [-0.2, 0) is 4.79 Å². The Morgan fingerprint density at radius 1 is 1.03 bits per heavy atom. The first-order valence-electron chi connectivity index (χ1n) is 10.5. The molecule has 0 bridgehead atoms. The molecule has 1 fully saturated rings. The molecule has 1 saturated carbocycles. The molecular weight excluding hydrogens is 487 g/mol. The predicted octanol–water partition coefficient (Wildman–Crippen LogP) is 6.10. The number of anilines is 2. The monoisotopic (exact) mass is 505 g/mol. The molecule has 1 aliphatic rings. The molecule has 0 unspecified atom stereocenters. The van der Waals surface area contributed by atoms with E-state index >= 15 is 0 Å². The maximum atomic E-state index is 14.7. The highest BCUT2D eigenvalue weighted by molar-refractivity contribution is 6.33. The first kappa shape index (κ1) is 24.3. The topological polar surface area (TPSA) is 101 Å². The van der Waals surface area contributed by atoms with E-state index in [9.17, 15) is 27.9 Å². The Bertz CT molecular complexity index is 1280. The number of carboxylic acids is 1. The first-order valence-corrected chi connectivity index (χ1v) is 10.9. The smallest absolute Gasteiger partial charge is 0.323 e. The van der Waals surface area contributed by atoms with Crippen molar-refractivity contribution in [2.45, 2.75) is 19.3 Å². The van der Waals surface area contributed by atoms with Crippen molar-refractivity contribution < 1.29 is 32.6 Å². The lowest BCUT2D eigenvalue weighted by Gasteiger charge is -2.36. The first-order chi connectivity index (χ1) is 16.7. The van der Waals surface area contributed by atoms with E-state index in [0.717, 1.165) is 30.7 Å². The predicted molar refractivity (Wildman–Crippen MR) is 123 cm³/mol. The fourth-order valence-electron chi connectivity index (χ4n) is 3.59. The van der Waals surface area contributed by atoms with Gasteiger partial charge < -0.3 is 20.5 Å². The van der Waals surface area contributed by atoms with Crippen LogP contribution in [0.25, 0.3) is 11.1 Å². The largest absolute Gasteiger partial charge is 0.481 e. The minimum absolute atomic E-state index is 0.0246. The van der Waals surface area contributed by atoms with Gasteiger partial charge in [0, 0.05) is 29.5 Å². The summed E-state index contributed by atoms with van der Waals surface area (Å²) in [5.74, 6) is -3.08. The lowest BCUT2D eigenvalue weighted by atomic mass is 9.69. The molecule has 7 nitrogen and oxygen atoms in total. The zero-order chi connectivity index (χ0) is 25.2. The van der Waals surface area contributed by atoms with Crippen molar-refractivity contribution in [3.63, 3.8) is 0 Å². The van der Waals surface area contributed by atoms with Gasteiger partial charge >= 0.3 is 12.0 Å². The number of urea groups is 1. The van der Waals surface area contributed by atoms with Gasteiger partial charge in [-0.1, -0.05) is 18.0 Å². The number of aliphatic carboxylic acids is 1. The number of amides is 2. The molecule has 182 valence electrons. The number of hydrogen-bond acceptors (Lipinski definition) is 4. The molecule has 0 atom stereocenters. The zero-order valence-corrected chi connectivity index (χ0v) is 18.8. The molecule has 0 spiro atoms. The van der Waals surface area contributed by atoms with Crippen molar-refractivity contribution >= 4 is 35.0 Å². The van der Waals surface area contributed by atoms with Gasteiger partial charge in [0.1, 0.15) is 29.5 Å². The van der Waals surface area contributed by atoms with Crippen molar-refractivity contribution in [3.05, 3.63) is 71.1 Å². The van der Waals surface area contributed by atoms with E-state index in [1.807, 2.05) is 0 Å². The van der Waals surface area contributed by atoms with Crippen molar-refractivity contribution in [1.29, 1.82) is 0 Å². The Labute approximate surface area is 202 Å². The fourth-order valence-corrected chi connectivity index (χ4v) is 3.81. The SMILES string of the molecule is O=C(Nc1cc(F)c(-c2ccc(OCC3(C(=O)O)CCC3)nc2)cc1F)Nc1ccc(F)cc1Cl. The maximum absolute atomic E-state index is 14.7. The molecule has 0 radical (unpaired) electrons. The van der Waals surface area contributed by atoms with E-state index in [4.69, 9.17) is 16.3 Å². The van der Waals surface area contributed by atoms with E-state index in [-0.39, 0.29) is 34.3 Å². The number of benzene rings is 2. The molecular formula is C24H19ClF3N3O4. The Morgan fingerprint density at radius 2 is 1.77 bits per heavy atom. The molecule has 1 heterocycles. The second-order valence-electron chi connectivity index (χ2n) is 8.13. The summed E-state index contributed by atoms with van der Waals surface area (Å²) >= 11 is 5.84. The number of carboxylic acid groups (broad SMARTS) is 1. The molecule has 3 aromatic rings. The Kier molecular flexibility index (Phi) is 6.83. The van der Waals surface area contributed by atoms with Crippen LogP contribution in [0.4, 0.5) is 29.3 Å². The van der Waals surface area contributed by atoms with Crippen molar-refractivity contribution in [2.24, 2.45) is 5.41 Å². The quantitative estimate of drug-likeness (QED) is 0.360. The van der Waals surface area contributed by atoms with Crippen LogP contribution in [0.15, 0.2) is 48.7 Å². The number of hydrogen-bond donors (Lipinski definition) is 3. The Hall–Kier alpha value is -3.79. The highest BCUT2D eigenvalue weighted by Crippen LogP contribution is 2.41. The van der Waals surface area contributed by atoms with Crippen LogP contribution in [-0.4, -0.2) is 28.7 Å². The highest BCUT2D eigenvalue weighted by Gasteiger charge is 2.45. The van der Waals surface area contributed by atoms with Gasteiger partial charge in [0.15, 0.2) is 0 Å². The van der Waals surface area contributed by atoms with Crippen LogP contribution in [0.3, 0.4) is 0 Å². The van der Waals surface area contributed by atoms with Crippen LogP contribution >= 0.6 is 11.6 Å². The van der Waals surface area contributed by atoms with Gasteiger partial charge in [0.05, 0.1) is 16.4 Å². The minimum Gasteiger partial charge on any atom is -0.481 e. The van der Waals surface area contributed by atoms with E-state index in [1.54, 1.807) is 0 Å². The number of aromatic nitrogens is 1. The summed E-state index contributed by atoms with van der Waals surface area (Å²) in [6.45, 7) is -0.0246. The number of ether oxygens (including phenoxy) is 1. The van der Waals surface area contributed by atoms with E-state index in [1.165, 1.54) is 24.4 Å². The second-order valence-corrected chi connectivity index (χ2v) is 8.54. The van der Waals surface area contributed by atoms with Crippen LogP contribution in [0, 0.1) is 22.9 Å². The fraction of sp³-hybridized carbons (Fsp3) is 0.208. The maximum Gasteiger partial charge on any atom is 0.323 e. The van der Waals surface area contributed by atoms with Crippen molar-refractivity contribution in [2.75, 3.05) is 17.2 Å². The molecule has 0 aliphatic heterocycles. The molecule has 2 amide bonds. The molecule has 1 aliphatic carbocycles. The van der Waals surface area contributed by atoms with E-state index < -0.39 is 40.6 Å². The lowest BCUT2D eigenvalue weighted by molar-refractivity contribution is -0.157. The summed E-state index contributed by atoms with van der Waals surface area (Å²) < 4.78 is 48.0. The minimum atomic E-state index is -0.916. The highest BCUT2D eigenvalue weighted by atomic mass is 35.5. The van der Waals surface area contributed by atoms with Gasteiger partial charge in [0.2, 0.25) is 5.88 Å². The molecule has 4 rings (SSSR count). The van der Waals surface area contributed by atoms with Gasteiger partial charge in [-0.25, -0.2) is 22.9 Å². The summed E-state index contributed by atoms with van der Waals surface area (Å²) in [4.78, 5) is 27.6. The number of nitrogens with one attached hydrogen (secondary N) is 2. The normalized spacial score (nSPS) is 14.1.